The van der Waals surface area contributed by atoms with Gasteiger partial charge in [-0.1, -0.05) is 12.1 Å². The molecule has 1 aliphatic heterocycles. The Hall–Kier alpha value is -2.41. The predicted molar refractivity (Wildman–Crippen MR) is 97.8 cm³/mol. The van der Waals surface area contributed by atoms with Crippen molar-refractivity contribution in [2.45, 2.75) is 38.6 Å². The van der Waals surface area contributed by atoms with E-state index in [9.17, 15) is 4.79 Å². The van der Waals surface area contributed by atoms with Crippen molar-refractivity contribution < 1.29 is 14.1 Å². The van der Waals surface area contributed by atoms with E-state index in [0.717, 1.165) is 30.8 Å². The molecule has 2 heterocycles. The lowest BCUT2D eigenvalue weighted by molar-refractivity contribution is -0.122. The van der Waals surface area contributed by atoms with Crippen molar-refractivity contribution in [1.29, 1.82) is 0 Å². The Morgan fingerprint density at radius 2 is 2.19 bits per heavy atom. The van der Waals surface area contributed by atoms with Crippen LogP contribution in [0.15, 0.2) is 28.8 Å². The van der Waals surface area contributed by atoms with Crippen molar-refractivity contribution in [3.63, 3.8) is 0 Å². The normalized spacial score (nSPS) is 19.9. The Morgan fingerprint density at radius 3 is 2.92 bits per heavy atom. The van der Waals surface area contributed by atoms with Gasteiger partial charge in [-0.25, -0.2) is 0 Å². The Labute approximate surface area is 153 Å². The number of carbonyl (C=O) groups is 1. The van der Waals surface area contributed by atoms with Crippen LogP contribution in [0.1, 0.15) is 32.1 Å². The van der Waals surface area contributed by atoms with E-state index in [1.165, 1.54) is 0 Å². The lowest BCUT2D eigenvalue weighted by Crippen LogP contribution is -2.50. The second-order valence-corrected chi connectivity index (χ2v) is 6.74. The van der Waals surface area contributed by atoms with Crippen LogP contribution in [-0.4, -0.2) is 42.3 Å². The molecular weight excluding hydrogens is 332 g/mol. The number of aromatic nitrogens is 2. The number of hydrogen-bond donors (Lipinski definition) is 2. The largest absolute Gasteiger partial charge is 0.497 e. The Bertz CT molecular complexity index is 714. The molecule has 1 saturated heterocycles. The molecule has 7 heteroatoms. The third kappa shape index (κ3) is 4.82. The first kappa shape index (κ1) is 18.4. The fraction of sp³-hybridized carbons (Fsp3) is 0.526. The highest BCUT2D eigenvalue weighted by molar-refractivity contribution is 5.76. The number of hydrogen-bond acceptors (Lipinski definition) is 6. The first-order chi connectivity index (χ1) is 12.7. The summed E-state index contributed by atoms with van der Waals surface area (Å²) < 4.78 is 10.4. The van der Waals surface area contributed by atoms with E-state index >= 15 is 0 Å². The van der Waals surface area contributed by atoms with Crippen LogP contribution in [0.5, 0.6) is 5.75 Å². The number of piperidine rings is 1. The molecule has 2 unspecified atom stereocenters. The molecule has 2 N–H and O–H groups in total. The Balaban J connectivity index is 1.45. The average Bonchev–Trinajstić information content (AvgIpc) is 3.12. The SMILES string of the molecule is COc1ccc(-c2noc(CCCC(=O)NC3CNCCC3C)n2)cc1. The summed E-state index contributed by atoms with van der Waals surface area (Å²) in [5, 5.41) is 10.4. The van der Waals surface area contributed by atoms with Crippen LogP contribution in [0.3, 0.4) is 0 Å². The number of amides is 1. The van der Waals surface area contributed by atoms with Gasteiger partial charge in [0.25, 0.3) is 0 Å². The zero-order valence-electron chi connectivity index (χ0n) is 15.3. The number of carbonyl (C=O) groups excluding carboxylic acids is 1. The van der Waals surface area contributed by atoms with Gasteiger partial charge < -0.3 is 19.9 Å². The van der Waals surface area contributed by atoms with Crippen LogP contribution >= 0.6 is 0 Å². The zero-order chi connectivity index (χ0) is 18.4. The predicted octanol–water partition coefficient (Wildman–Crippen LogP) is 2.18. The van der Waals surface area contributed by atoms with Crippen molar-refractivity contribution in [1.82, 2.24) is 20.8 Å². The van der Waals surface area contributed by atoms with Crippen molar-refractivity contribution in [2.24, 2.45) is 5.92 Å². The molecule has 0 aliphatic carbocycles. The second-order valence-electron chi connectivity index (χ2n) is 6.74. The van der Waals surface area contributed by atoms with E-state index in [4.69, 9.17) is 9.26 Å². The molecule has 7 nitrogen and oxygen atoms in total. The van der Waals surface area contributed by atoms with Gasteiger partial charge in [0.1, 0.15) is 5.75 Å². The van der Waals surface area contributed by atoms with Crippen molar-refractivity contribution in [3.8, 4) is 17.1 Å². The van der Waals surface area contributed by atoms with Crippen molar-refractivity contribution in [3.05, 3.63) is 30.2 Å². The minimum atomic E-state index is 0.0837. The summed E-state index contributed by atoms with van der Waals surface area (Å²) in [4.78, 5) is 16.5. The monoisotopic (exact) mass is 358 g/mol. The van der Waals surface area contributed by atoms with Gasteiger partial charge in [-0.05, 0) is 49.6 Å². The number of nitrogens with one attached hydrogen (secondary N) is 2. The zero-order valence-corrected chi connectivity index (χ0v) is 15.3. The molecule has 1 aromatic carbocycles. The van der Waals surface area contributed by atoms with Gasteiger partial charge in [-0.15, -0.1) is 0 Å². The number of nitrogens with zero attached hydrogens (tertiary/aromatic N) is 2. The summed E-state index contributed by atoms with van der Waals surface area (Å²) in [6.45, 7) is 4.06. The summed E-state index contributed by atoms with van der Waals surface area (Å²) in [7, 11) is 1.63. The maximum Gasteiger partial charge on any atom is 0.226 e. The molecule has 1 amide bonds. The summed E-state index contributed by atoms with van der Waals surface area (Å²) in [5.74, 6) is 2.49. The number of benzene rings is 1. The molecule has 26 heavy (non-hydrogen) atoms. The molecule has 1 aliphatic rings. The molecule has 2 aromatic rings. The quantitative estimate of drug-likeness (QED) is 0.789. The fourth-order valence-electron chi connectivity index (χ4n) is 3.08. The lowest BCUT2D eigenvalue weighted by Gasteiger charge is -2.30. The van der Waals surface area contributed by atoms with E-state index in [1.54, 1.807) is 7.11 Å². The minimum absolute atomic E-state index is 0.0837. The molecule has 1 aromatic heterocycles. The lowest BCUT2D eigenvalue weighted by atomic mass is 9.94. The Morgan fingerprint density at radius 1 is 1.38 bits per heavy atom. The summed E-state index contributed by atoms with van der Waals surface area (Å²) in [6.07, 6.45) is 2.84. The van der Waals surface area contributed by atoms with Crippen molar-refractivity contribution >= 4 is 5.91 Å². The molecule has 0 saturated carbocycles. The van der Waals surface area contributed by atoms with Gasteiger partial charge in [0.15, 0.2) is 0 Å². The molecule has 0 radical (unpaired) electrons. The maximum absolute atomic E-state index is 12.1. The van der Waals surface area contributed by atoms with Gasteiger partial charge in [0.2, 0.25) is 17.6 Å². The first-order valence-electron chi connectivity index (χ1n) is 9.13. The highest BCUT2D eigenvalue weighted by atomic mass is 16.5. The van der Waals surface area contributed by atoms with E-state index < -0.39 is 0 Å². The molecule has 140 valence electrons. The Kier molecular flexibility index (Phi) is 6.22. The first-order valence-corrected chi connectivity index (χ1v) is 9.13. The average molecular weight is 358 g/mol. The van der Waals surface area contributed by atoms with E-state index in [1.807, 2.05) is 24.3 Å². The third-order valence-corrected chi connectivity index (χ3v) is 4.78. The van der Waals surface area contributed by atoms with Crippen LogP contribution in [0, 0.1) is 5.92 Å². The van der Waals surface area contributed by atoms with Crippen LogP contribution in [-0.2, 0) is 11.2 Å². The third-order valence-electron chi connectivity index (χ3n) is 4.78. The molecule has 3 rings (SSSR count). The summed E-state index contributed by atoms with van der Waals surface area (Å²) in [5.41, 5.74) is 0.873. The van der Waals surface area contributed by atoms with E-state index in [0.29, 0.717) is 36.9 Å². The van der Waals surface area contributed by atoms with Gasteiger partial charge in [-0.3, -0.25) is 4.79 Å². The van der Waals surface area contributed by atoms with Crippen LogP contribution < -0.4 is 15.4 Å². The van der Waals surface area contributed by atoms with Crippen LogP contribution in [0.25, 0.3) is 11.4 Å². The topological polar surface area (TPSA) is 89.3 Å². The van der Waals surface area contributed by atoms with Gasteiger partial charge in [0.05, 0.1) is 7.11 Å². The smallest absolute Gasteiger partial charge is 0.226 e. The van der Waals surface area contributed by atoms with Crippen molar-refractivity contribution in [2.75, 3.05) is 20.2 Å². The minimum Gasteiger partial charge on any atom is -0.497 e. The number of aryl methyl sites for hydroxylation is 1. The molecule has 2 atom stereocenters. The second kappa shape index (κ2) is 8.80. The van der Waals surface area contributed by atoms with E-state index in [-0.39, 0.29) is 11.9 Å². The van der Waals surface area contributed by atoms with Crippen LogP contribution in [0.4, 0.5) is 0 Å². The highest BCUT2D eigenvalue weighted by Crippen LogP contribution is 2.20. The maximum atomic E-state index is 12.1. The fourth-order valence-corrected chi connectivity index (χ4v) is 3.08. The standard InChI is InChI=1S/C19H26N4O3/c1-13-10-11-20-12-16(13)21-17(24)4-3-5-18-22-19(23-26-18)14-6-8-15(25-2)9-7-14/h6-9,13,16,20H,3-5,10-12H2,1-2H3,(H,21,24). The molecule has 0 spiro atoms. The number of rotatable bonds is 7. The van der Waals surface area contributed by atoms with Gasteiger partial charge in [0, 0.05) is 31.0 Å². The molecule has 1 fully saturated rings. The van der Waals surface area contributed by atoms with Gasteiger partial charge >= 0.3 is 0 Å². The number of methoxy groups -OCH3 is 1. The van der Waals surface area contributed by atoms with Crippen LogP contribution in [0.2, 0.25) is 0 Å². The summed E-state index contributed by atoms with van der Waals surface area (Å²) >= 11 is 0. The highest BCUT2D eigenvalue weighted by Gasteiger charge is 2.22. The van der Waals surface area contributed by atoms with Gasteiger partial charge in [-0.2, -0.15) is 4.98 Å². The van der Waals surface area contributed by atoms with E-state index in [2.05, 4.69) is 27.7 Å². The number of ether oxygens (including phenoxy) is 1. The molecule has 0 bridgehead atoms. The molecular formula is C19H26N4O3. The summed E-state index contributed by atoms with van der Waals surface area (Å²) in [6, 6.07) is 7.72.